The van der Waals surface area contributed by atoms with E-state index in [0.29, 0.717) is 5.56 Å². The standard InChI is InChI=1S/C50H32S/c1-3-13-33(14-4-1)34-23-27-38(28-24-34)49-39(31-32-46-50(49)44-21-11-12-22-45(44)51-46)35-25-29-37(30-26-35)48-42-19-9-7-17-40(42)47(36-15-5-2-6-16-36)41-18-8-10-20-43(41)48/h1-32H/i2D,5D,6D,15D,16D. The van der Waals surface area contributed by atoms with E-state index in [1.165, 1.54) is 36.9 Å². The van der Waals surface area contributed by atoms with Crippen LogP contribution in [0.25, 0.3) is 97.4 Å². The minimum atomic E-state index is -0.396. The summed E-state index contributed by atoms with van der Waals surface area (Å²) < 4.78 is 45.4. The Labute approximate surface area is 308 Å². The zero-order valence-corrected chi connectivity index (χ0v) is 28.3. The average Bonchev–Trinajstić information content (AvgIpc) is 3.64. The Bertz CT molecular complexity index is 3080. The van der Waals surface area contributed by atoms with Crippen molar-refractivity contribution >= 4 is 53.1 Å². The zero-order chi connectivity index (χ0) is 38.1. The molecule has 0 bridgehead atoms. The number of benzene rings is 9. The molecule has 10 rings (SSSR count). The molecule has 0 saturated heterocycles. The first-order valence-corrected chi connectivity index (χ1v) is 17.9. The molecule has 0 spiro atoms. The van der Waals surface area contributed by atoms with E-state index >= 15 is 0 Å². The molecule has 0 aliphatic carbocycles. The molecular formula is C50H32S. The molecule has 1 aromatic heterocycles. The van der Waals surface area contributed by atoms with Gasteiger partial charge >= 0.3 is 0 Å². The molecule has 1 heteroatoms. The van der Waals surface area contributed by atoms with Crippen LogP contribution >= 0.6 is 11.3 Å². The van der Waals surface area contributed by atoms with Gasteiger partial charge in [-0.25, -0.2) is 0 Å². The molecule has 0 fully saturated rings. The van der Waals surface area contributed by atoms with Crippen LogP contribution in [0.4, 0.5) is 0 Å². The Hall–Kier alpha value is -6.28. The molecule has 0 nitrogen and oxygen atoms in total. The minimum Gasteiger partial charge on any atom is -0.135 e. The summed E-state index contributed by atoms with van der Waals surface area (Å²) in [7, 11) is 0. The Balaban J connectivity index is 1.17. The maximum Gasteiger partial charge on any atom is 0.0629 e. The molecule has 0 saturated carbocycles. The average molecular weight is 670 g/mol. The van der Waals surface area contributed by atoms with Gasteiger partial charge in [-0.1, -0.05) is 182 Å². The van der Waals surface area contributed by atoms with Crippen LogP contribution in [-0.4, -0.2) is 0 Å². The van der Waals surface area contributed by atoms with Gasteiger partial charge < -0.3 is 0 Å². The van der Waals surface area contributed by atoms with Gasteiger partial charge in [0.25, 0.3) is 0 Å². The summed E-state index contributed by atoms with van der Waals surface area (Å²) in [5, 5.41) is 6.09. The molecule has 0 N–H and O–H groups in total. The topological polar surface area (TPSA) is 0 Å². The third-order valence-electron chi connectivity index (χ3n) is 9.99. The molecule has 9 aromatic carbocycles. The number of hydrogen-bond acceptors (Lipinski definition) is 1. The first-order valence-electron chi connectivity index (χ1n) is 19.6. The van der Waals surface area contributed by atoms with Crippen molar-refractivity contribution in [3.8, 4) is 55.6 Å². The van der Waals surface area contributed by atoms with E-state index in [9.17, 15) is 0 Å². The largest absolute Gasteiger partial charge is 0.135 e. The highest BCUT2D eigenvalue weighted by Crippen LogP contribution is 2.47. The summed E-state index contributed by atoms with van der Waals surface area (Å²) in [4.78, 5) is 0. The quantitative estimate of drug-likeness (QED) is 0.160. The maximum atomic E-state index is 8.89. The Morgan fingerprint density at radius 1 is 0.314 bits per heavy atom. The first kappa shape index (κ1) is 24.8. The second-order valence-electron chi connectivity index (χ2n) is 12.8. The van der Waals surface area contributed by atoms with Gasteiger partial charge in [0.2, 0.25) is 0 Å². The Morgan fingerprint density at radius 2 is 0.784 bits per heavy atom. The molecule has 0 atom stereocenters. The summed E-state index contributed by atoms with van der Waals surface area (Å²) in [5.41, 5.74) is 9.95. The molecular weight excluding hydrogens is 633 g/mol. The molecule has 0 unspecified atom stereocenters. The normalized spacial score (nSPS) is 12.9. The van der Waals surface area contributed by atoms with Crippen LogP contribution in [0.5, 0.6) is 0 Å². The number of fused-ring (bicyclic) bond motifs is 5. The second-order valence-corrected chi connectivity index (χ2v) is 13.9. The van der Waals surface area contributed by atoms with E-state index in [-0.39, 0.29) is 29.7 Å². The fourth-order valence-electron chi connectivity index (χ4n) is 7.72. The number of thiophene rings is 1. The third kappa shape index (κ3) is 4.97. The molecule has 1 heterocycles. The van der Waals surface area contributed by atoms with Gasteiger partial charge in [0.15, 0.2) is 0 Å². The maximum absolute atomic E-state index is 8.89. The predicted octanol–water partition coefficient (Wildman–Crippen LogP) is 14.7. The smallest absolute Gasteiger partial charge is 0.0629 e. The highest BCUT2D eigenvalue weighted by atomic mass is 32.1. The van der Waals surface area contributed by atoms with Gasteiger partial charge in [-0.3, -0.25) is 0 Å². The molecule has 0 amide bonds. The fraction of sp³-hybridized carbons (Fsp3) is 0. The van der Waals surface area contributed by atoms with Crippen molar-refractivity contribution in [2.75, 3.05) is 0 Å². The lowest BCUT2D eigenvalue weighted by atomic mass is 9.85. The summed E-state index contributed by atoms with van der Waals surface area (Å²) >= 11 is 1.83. The highest BCUT2D eigenvalue weighted by molar-refractivity contribution is 7.26. The summed E-state index contributed by atoms with van der Waals surface area (Å²) in [6.07, 6.45) is 0. The van der Waals surface area contributed by atoms with Crippen molar-refractivity contribution in [3.05, 3.63) is 194 Å². The lowest BCUT2D eigenvalue weighted by Gasteiger charge is -2.18. The number of hydrogen-bond donors (Lipinski definition) is 0. The van der Waals surface area contributed by atoms with E-state index < -0.39 is 6.04 Å². The van der Waals surface area contributed by atoms with Crippen molar-refractivity contribution in [1.82, 2.24) is 0 Å². The molecule has 0 radical (unpaired) electrons. The molecule has 0 aliphatic heterocycles. The van der Waals surface area contributed by atoms with Gasteiger partial charge in [0.05, 0.1) is 6.85 Å². The molecule has 0 aliphatic rings. The fourth-order valence-corrected chi connectivity index (χ4v) is 8.83. The minimum absolute atomic E-state index is 0.204. The summed E-state index contributed by atoms with van der Waals surface area (Å²) in [6.45, 7) is 0. The van der Waals surface area contributed by atoms with Crippen LogP contribution in [0, 0.1) is 0 Å². The van der Waals surface area contributed by atoms with Crippen molar-refractivity contribution in [1.29, 1.82) is 0 Å². The van der Waals surface area contributed by atoms with Crippen LogP contribution in [0.2, 0.25) is 0 Å². The van der Waals surface area contributed by atoms with Crippen LogP contribution in [0.3, 0.4) is 0 Å². The first-order chi connectivity index (χ1) is 27.4. The third-order valence-corrected chi connectivity index (χ3v) is 11.1. The van der Waals surface area contributed by atoms with Gasteiger partial charge in [0, 0.05) is 20.2 Å². The van der Waals surface area contributed by atoms with Crippen LogP contribution in [-0.2, 0) is 0 Å². The van der Waals surface area contributed by atoms with Crippen LogP contribution in [0.15, 0.2) is 194 Å². The van der Waals surface area contributed by atoms with E-state index in [1.807, 2.05) is 53.8 Å². The monoisotopic (exact) mass is 669 g/mol. The van der Waals surface area contributed by atoms with E-state index in [1.54, 1.807) is 0 Å². The van der Waals surface area contributed by atoms with E-state index in [0.717, 1.165) is 49.4 Å². The summed E-state index contributed by atoms with van der Waals surface area (Å²) in [5.74, 6) is 0. The Kier molecular flexibility index (Phi) is 5.95. The van der Waals surface area contributed by atoms with Gasteiger partial charge in [-0.15, -0.1) is 11.3 Å². The van der Waals surface area contributed by atoms with Crippen LogP contribution in [0.1, 0.15) is 6.85 Å². The Morgan fingerprint density at radius 3 is 1.41 bits per heavy atom. The zero-order valence-electron chi connectivity index (χ0n) is 32.5. The van der Waals surface area contributed by atoms with Crippen molar-refractivity contribution < 1.29 is 6.85 Å². The predicted molar refractivity (Wildman–Crippen MR) is 222 cm³/mol. The van der Waals surface area contributed by atoms with Crippen LogP contribution < -0.4 is 0 Å². The lowest BCUT2D eigenvalue weighted by molar-refractivity contribution is 1.59. The van der Waals surface area contributed by atoms with Gasteiger partial charge in [0.1, 0.15) is 0 Å². The van der Waals surface area contributed by atoms with Crippen molar-refractivity contribution in [2.24, 2.45) is 0 Å². The van der Waals surface area contributed by atoms with E-state index in [2.05, 4.69) is 121 Å². The highest BCUT2D eigenvalue weighted by Gasteiger charge is 2.19. The second kappa shape index (κ2) is 12.2. The summed E-state index contributed by atoms with van der Waals surface area (Å²) in [6, 6.07) is 55.9. The lowest BCUT2D eigenvalue weighted by Crippen LogP contribution is -1.91. The molecule has 10 aromatic rings. The van der Waals surface area contributed by atoms with Gasteiger partial charge in [-0.2, -0.15) is 0 Å². The number of rotatable bonds is 5. The van der Waals surface area contributed by atoms with Gasteiger partial charge in [-0.05, 0) is 89.3 Å². The van der Waals surface area contributed by atoms with Crippen molar-refractivity contribution in [2.45, 2.75) is 0 Å². The molecule has 238 valence electrons. The van der Waals surface area contributed by atoms with Crippen molar-refractivity contribution in [3.63, 3.8) is 0 Å². The molecule has 51 heavy (non-hydrogen) atoms. The van der Waals surface area contributed by atoms with E-state index in [4.69, 9.17) is 6.85 Å². The SMILES string of the molecule is [2H]c1c([2H])c([2H])c(-c2c3ccccc3c(-c3ccc(-c4ccc5sc6ccccc6c5c4-c4ccc(-c5ccccc5)cc4)cc3)c3ccccc23)c([2H])c1[2H].